The number of hydrogen-bond donors (Lipinski definition) is 0. The number of amides is 1. The van der Waals surface area contributed by atoms with Crippen LogP contribution in [0.1, 0.15) is 0 Å². The molecule has 1 amide bonds. The Morgan fingerprint density at radius 1 is 1.06 bits per heavy atom. The van der Waals surface area contributed by atoms with E-state index in [2.05, 4.69) is 4.98 Å². The Kier molecular flexibility index (Phi) is 5.78. The van der Waals surface area contributed by atoms with Crippen molar-refractivity contribution in [1.82, 2.24) is 23.1 Å². The van der Waals surface area contributed by atoms with Gasteiger partial charge in [0.1, 0.15) is 18.2 Å². The van der Waals surface area contributed by atoms with Crippen LogP contribution in [0.15, 0.2) is 48.7 Å². The van der Waals surface area contributed by atoms with Gasteiger partial charge in [-0.05, 0) is 42.5 Å². The molecule has 0 spiro atoms. The number of benzene rings is 1. The fourth-order valence-electron chi connectivity index (χ4n) is 3.64. The minimum absolute atomic E-state index is 0.0919. The minimum Gasteiger partial charge on any atom is -0.338 e. The predicted octanol–water partition coefficient (Wildman–Crippen LogP) is 1.74. The topological polar surface area (TPSA) is 78.8 Å². The molecule has 3 aliphatic rings. The van der Waals surface area contributed by atoms with Crippen molar-refractivity contribution >= 4 is 16.1 Å². The summed E-state index contributed by atoms with van der Waals surface area (Å²) in [5.74, 6) is 0.272. The molecule has 1 saturated heterocycles. The summed E-state index contributed by atoms with van der Waals surface area (Å²) in [6.45, 7) is 1.34. The van der Waals surface area contributed by atoms with Gasteiger partial charge in [-0.1, -0.05) is 0 Å². The Hall–Kier alpha value is -2.82. The van der Waals surface area contributed by atoms with Crippen molar-refractivity contribution in [3.63, 3.8) is 0 Å². The van der Waals surface area contributed by atoms with E-state index in [1.165, 1.54) is 34.8 Å². The summed E-state index contributed by atoms with van der Waals surface area (Å²) in [6, 6.07) is 11.8. The Morgan fingerprint density at radius 3 is 2.39 bits per heavy atom. The van der Waals surface area contributed by atoms with Crippen molar-refractivity contribution < 1.29 is 17.6 Å². The molecule has 8 nitrogen and oxygen atoms in total. The highest BCUT2D eigenvalue weighted by molar-refractivity contribution is 7.86. The lowest BCUT2D eigenvalue weighted by Gasteiger charge is -2.35. The van der Waals surface area contributed by atoms with Gasteiger partial charge >= 0.3 is 0 Å². The number of pyridine rings is 1. The van der Waals surface area contributed by atoms with Gasteiger partial charge < -0.3 is 9.47 Å². The molecule has 0 bridgehead atoms. The predicted molar refractivity (Wildman–Crippen MR) is 115 cm³/mol. The van der Waals surface area contributed by atoms with Crippen LogP contribution in [0.4, 0.5) is 4.39 Å². The van der Waals surface area contributed by atoms with Crippen LogP contribution in [-0.4, -0.2) is 77.7 Å². The molecule has 4 rings (SSSR count). The molecule has 0 atom stereocenters. The third-order valence-corrected chi connectivity index (χ3v) is 7.36. The van der Waals surface area contributed by atoms with Gasteiger partial charge in [-0.15, -0.1) is 0 Å². The van der Waals surface area contributed by atoms with Gasteiger partial charge in [-0.3, -0.25) is 4.79 Å². The molecule has 0 saturated carbocycles. The molecule has 0 radical (unpaired) electrons. The number of carbonyl (C=O) groups excluding carboxylic acids is 1. The second kappa shape index (κ2) is 8.37. The van der Waals surface area contributed by atoms with Gasteiger partial charge in [0.2, 0.25) is 5.91 Å². The Labute approximate surface area is 181 Å². The molecule has 0 aromatic heterocycles. The maximum Gasteiger partial charge on any atom is 0.281 e. The van der Waals surface area contributed by atoms with Crippen molar-refractivity contribution in [3.8, 4) is 22.6 Å². The van der Waals surface area contributed by atoms with Crippen LogP contribution in [0.3, 0.4) is 0 Å². The first-order valence-corrected chi connectivity index (χ1v) is 11.3. The molecule has 31 heavy (non-hydrogen) atoms. The monoisotopic (exact) mass is 445 g/mol. The van der Waals surface area contributed by atoms with E-state index in [9.17, 15) is 17.6 Å². The third kappa shape index (κ3) is 4.32. The number of hydrogen-bond acceptors (Lipinski definition) is 4. The molecule has 0 N–H and O–H groups in total. The SMILES string of the molecule is CN(C)S(=O)(=O)N1CCN(C(=O)Cn2cccc3cc(-c4ccc(F)cc4)nc2-3)CC1. The van der Waals surface area contributed by atoms with E-state index in [0.717, 1.165) is 11.1 Å². The molecule has 1 aromatic carbocycles. The highest BCUT2D eigenvalue weighted by Crippen LogP contribution is 2.28. The fourth-order valence-corrected chi connectivity index (χ4v) is 4.72. The number of carbonyl (C=O) groups is 1. The molecule has 0 aliphatic carbocycles. The number of piperazine rings is 1. The summed E-state index contributed by atoms with van der Waals surface area (Å²) < 4.78 is 42.1. The van der Waals surface area contributed by atoms with Crippen LogP contribution >= 0.6 is 0 Å². The molecule has 3 heterocycles. The number of aromatic nitrogens is 2. The van der Waals surface area contributed by atoms with Crippen LogP contribution in [-0.2, 0) is 21.5 Å². The summed E-state index contributed by atoms with van der Waals surface area (Å²) in [7, 11) is -0.479. The van der Waals surface area contributed by atoms with Crippen molar-refractivity contribution in [1.29, 1.82) is 0 Å². The molecular weight excluding hydrogens is 421 g/mol. The summed E-state index contributed by atoms with van der Waals surface area (Å²) >= 11 is 0. The van der Waals surface area contributed by atoms with Gasteiger partial charge in [-0.2, -0.15) is 17.0 Å². The van der Waals surface area contributed by atoms with E-state index in [1.54, 1.807) is 27.8 Å². The summed E-state index contributed by atoms with van der Waals surface area (Å²) in [5, 5.41) is 0. The molecule has 3 aliphatic heterocycles. The largest absolute Gasteiger partial charge is 0.338 e. The molecule has 10 heteroatoms. The van der Waals surface area contributed by atoms with Crippen LogP contribution < -0.4 is 0 Å². The van der Waals surface area contributed by atoms with Gasteiger partial charge in [-0.25, -0.2) is 9.37 Å². The zero-order valence-corrected chi connectivity index (χ0v) is 18.2. The maximum atomic E-state index is 13.2. The second-order valence-electron chi connectivity index (χ2n) is 7.63. The van der Waals surface area contributed by atoms with Crippen molar-refractivity contribution in [3.05, 3.63) is 54.5 Å². The second-order valence-corrected chi connectivity index (χ2v) is 9.78. The highest BCUT2D eigenvalue weighted by atomic mass is 32.2. The van der Waals surface area contributed by atoms with Crippen molar-refractivity contribution in [2.45, 2.75) is 6.54 Å². The summed E-state index contributed by atoms with van der Waals surface area (Å²) in [5.41, 5.74) is 2.40. The van der Waals surface area contributed by atoms with Crippen LogP contribution in [0.5, 0.6) is 0 Å². The highest BCUT2D eigenvalue weighted by Gasteiger charge is 2.30. The van der Waals surface area contributed by atoms with E-state index < -0.39 is 10.2 Å². The van der Waals surface area contributed by atoms with Crippen LogP contribution in [0, 0.1) is 5.82 Å². The van der Waals surface area contributed by atoms with Crippen molar-refractivity contribution in [2.24, 2.45) is 0 Å². The van der Waals surface area contributed by atoms with E-state index in [-0.39, 0.29) is 31.4 Å². The maximum absolute atomic E-state index is 13.2. The van der Waals surface area contributed by atoms with Crippen LogP contribution in [0.25, 0.3) is 22.6 Å². The van der Waals surface area contributed by atoms with Gasteiger partial charge in [0.05, 0.1) is 5.69 Å². The zero-order valence-electron chi connectivity index (χ0n) is 17.4. The van der Waals surface area contributed by atoms with Gasteiger partial charge in [0, 0.05) is 57.6 Å². The molecule has 164 valence electrons. The lowest BCUT2D eigenvalue weighted by molar-refractivity contribution is -0.133. The van der Waals surface area contributed by atoms with E-state index in [0.29, 0.717) is 24.6 Å². The van der Waals surface area contributed by atoms with Crippen molar-refractivity contribution in [2.75, 3.05) is 40.3 Å². The number of fused-ring (bicyclic) bond motifs is 1. The number of rotatable bonds is 5. The summed E-state index contributed by atoms with van der Waals surface area (Å²) in [4.78, 5) is 19.2. The first kappa shape index (κ1) is 21.4. The van der Waals surface area contributed by atoms with E-state index in [4.69, 9.17) is 0 Å². The molecule has 0 unspecified atom stereocenters. The lowest BCUT2D eigenvalue weighted by Crippen LogP contribution is -2.53. The molecular formula is C21H24FN5O3S. The Bertz CT molecular complexity index is 1150. The van der Waals surface area contributed by atoms with Gasteiger partial charge in [0.25, 0.3) is 10.2 Å². The number of nitrogens with zero attached hydrogens (tertiary/aromatic N) is 5. The quantitative estimate of drug-likeness (QED) is 0.599. The van der Waals surface area contributed by atoms with E-state index >= 15 is 0 Å². The Balaban J connectivity index is 1.48. The average Bonchev–Trinajstić information content (AvgIpc) is 3.19. The fraction of sp³-hybridized carbons (Fsp3) is 0.333. The normalized spacial score (nSPS) is 15.7. The first-order valence-electron chi connectivity index (χ1n) is 9.93. The standard InChI is InChI=1S/C21H24FN5O3S/c1-24(2)31(29,30)27-12-10-25(11-13-27)20(28)15-26-9-3-4-17-14-19(23-21(17)26)16-5-7-18(22)8-6-16/h3-9,14H,10-13,15H2,1-2H3. The smallest absolute Gasteiger partial charge is 0.281 e. The first-order chi connectivity index (χ1) is 14.8. The van der Waals surface area contributed by atoms with E-state index in [1.807, 2.05) is 18.2 Å². The average molecular weight is 446 g/mol. The Morgan fingerprint density at radius 2 is 1.74 bits per heavy atom. The zero-order chi connectivity index (χ0) is 22.2. The lowest BCUT2D eigenvalue weighted by atomic mass is 10.1. The number of halogens is 1. The third-order valence-electron chi connectivity index (χ3n) is 5.42. The minimum atomic E-state index is -3.47. The molecule has 1 fully saturated rings. The van der Waals surface area contributed by atoms with Gasteiger partial charge in [0.15, 0.2) is 0 Å². The summed E-state index contributed by atoms with van der Waals surface area (Å²) in [6.07, 6.45) is 1.80. The molecule has 1 aromatic rings. The van der Waals surface area contributed by atoms with Crippen LogP contribution in [0.2, 0.25) is 0 Å².